The molecule has 20 heavy (non-hydrogen) atoms. The SMILES string of the molecule is CC(C)CN(C1CC1)S(=O)(=O)c1cccc(F)c1C#N. The third-order valence-electron chi connectivity index (χ3n) is 3.17. The quantitative estimate of drug-likeness (QED) is 0.838. The van der Waals surface area contributed by atoms with Crippen LogP contribution in [0.1, 0.15) is 32.3 Å². The minimum Gasteiger partial charge on any atom is -0.207 e. The van der Waals surface area contributed by atoms with Crippen LogP contribution in [-0.2, 0) is 10.0 Å². The van der Waals surface area contributed by atoms with Crippen molar-refractivity contribution in [2.45, 2.75) is 37.6 Å². The van der Waals surface area contributed by atoms with E-state index in [1.165, 1.54) is 16.4 Å². The molecule has 6 heteroatoms. The monoisotopic (exact) mass is 296 g/mol. The molecule has 4 nitrogen and oxygen atoms in total. The zero-order valence-corrected chi connectivity index (χ0v) is 12.3. The van der Waals surface area contributed by atoms with Gasteiger partial charge in [-0.25, -0.2) is 12.8 Å². The smallest absolute Gasteiger partial charge is 0.207 e. The van der Waals surface area contributed by atoms with Crippen LogP contribution in [0.25, 0.3) is 0 Å². The molecule has 1 saturated carbocycles. The Morgan fingerprint density at radius 2 is 2.10 bits per heavy atom. The molecule has 108 valence electrons. The Balaban J connectivity index is 2.49. The molecule has 0 atom stereocenters. The fraction of sp³-hybridized carbons (Fsp3) is 0.500. The second-order valence-corrected chi connectivity index (χ2v) is 7.28. The molecule has 0 heterocycles. The maximum absolute atomic E-state index is 13.6. The van der Waals surface area contributed by atoms with Crippen LogP contribution >= 0.6 is 0 Å². The third kappa shape index (κ3) is 2.84. The Bertz CT molecular complexity index is 646. The van der Waals surface area contributed by atoms with Crippen LogP contribution in [0.15, 0.2) is 23.1 Å². The summed E-state index contributed by atoms with van der Waals surface area (Å²) in [4.78, 5) is -0.229. The maximum atomic E-state index is 13.6. The van der Waals surface area contributed by atoms with Gasteiger partial charge in [0.25, 0.3) is 0 Å². The van der Waals surface area contributed by atoms with Gasteiger partial charge in [0.05, 0.1) is 0 Å². The van der Waals surface area contributed by atoms with E-state index in [2.05, 4.69) is 0 Å². The van der Waals surface area contributed by atoms with Crippen LogP contribution in [-0.4, -0.2) is 25.3 Å². The number of nitrogens with zero attached hydrogens (tertiary/aromatic N) is 2. The first-order chi connectivity index (χ1) is 9.37. The van der Waals surface area contributed by atoms with Crippen molar-refractivity contribution >= 4 is 10.0 Å². The lowest BCUT2D eigenvalue weighted by atomic mass is 10.2. The van der Waals surface area contributed by atoms with Crippen molar-refractivity contribution in [2.75, 3.05) is 6.54 Å². The summed E-state index contributed by atoms with van der Waals surface area (Å²) < 4.78 is 40.4. The molecule has 1 aromatic carbocycles. The summed E-state index contributed by atoms with van der Waals surface area (Å²) in [6.45, 7) is 4.25. The molecule has 0 aromatic heterocycles. The van der Waals surface area contributed by atoms with Crippen molar-refractivity contribution in [3.05, 3.63) is 29.6 Å². The fourth-order valence-corrected chi connectivity index (χ4v) is 4.12. The number of benzene rings is 1. The summed E-state index contributed by atoms with van der Waals surface area (Å²) in [6, 6.07) is 5.36. The first kappa shape index (κ1) is 14.9. The van der Waals surface area contributed by atoms with Crippen LogP contribution in [0.2, 0.25) is 0 Å². The van der Waals surface area contributed by atoms with Crippen molar-refractivity contribution in [3.63, 3.8) is 0 Å². The number of halogens is 1. The van der Waals surface area contributed by atoms with E-state index in [0.29, 0.717) is 6.54 Å². The van der Waals surface area contributed by atoms with E-state index in [9.17, 15) is 12.8 Å². The van der Waals surface area contributed by atoms with Crippen molar-refractivity contribution < 1.29 is 12.8 Å². The van der Waals surface area contributed by atoms with E-state index in [-0.39, 0.29) is 16.9 Å². The first-order valence-corrected chi connectivity index (χ1v) is 8.02. The highest BCUT2D eigenvalue weighted by molar-refractivity contribution is 7.89. The third-order valence-corrected chi connectivity index (χ3v) is 5.13. The van der Waals surface area contributed by atoms with Crippen LogP contribution in [0.5, 0.6) is 0 Å². The Kier molecular flexibility index (Phi) is 4.11. The number of hydrogen-bond acceptors (Lipinski definition) is 3. The Labute approximate surface area is 118 Å². The van der Waals surface area contributed by atoms with Crippen LogP contribution in [0.4, 0.5) is 4.39 Å². The Morgan fingerprint density at radius 1 is 1.45 bits per heavy atom. The number of rotatable bonds is 5. The highest BCUT2D eigenvalue weighted by atomic mass is 32.2. The van der Waals surface area contributed by atoms with Gasteiger partial charge in [0.1, 0.15) is 22.3 Å². The molecular formula is C14H17FN2O2S. The second kappa shape index (κ2) is 5.51. The average Bonchev–Trinajstić information content (AvgIpc) is 3.19. The molecule has 0 spiro atoms. The highest BCUT2D eigenvalue weighted by Gasteiger charge is 2.39. The maximum Gasteiger partial charge on any atom is 0.244 e. The van der Waals surface area contributed by atoms with Crippen LogP contribution < -0.4 is 0 Å². The van der Waals surface area contributed by atoms with Gasteiger partial charge < -0.3 is 0 Å². The van der Waals surface area contributed by atoms with Crippen LogP contribution in [0, 0.1) is 23.1 Å². The normalized spacial score (nSPS) is 15.6. The first-order valence-electron chi connectivity index (χ1n) is 6.58. The molecule has 0 saturated heterocycles. The van der Waals surface area contributed by atoms with Crippen molar-refractivity contribution in [2.24, 2.45) is 5.92 Å². The standard InChI is InChI=1S/C14H17FN2O2S/c1-10(2)9-17(11-6-7-11)20(18,19)14-5-3-4-13(15)12(14)8-16/h3-5,10-11H,6-7,9H2,1-2H3. The molecule has 0 unspecified atom stereocenters. The summed E-state index contributed by atoms with van der Waals surface area (Å²) >= 11 is 0. The Hall–Kier alpha value is -1.45. The minimum absolute atomic E-state index is 0.0165. The molecule has 1 aliphatic carbocycles. The fourth-order valence-electron chi connectivity index (χ4n) is 2.12. The van der Waals surface area contributed by atoms with Gasteiger partial charge in [-0.3, -0.25) is 0 Å². The van der Waals surface area contributed by atoms with E-state index in [0.717, 1.165) is 18.9 Å². The van der Waals surface area contributed by atoms with Gasteiger partial charge >= 0.3 is 0 Å². The zero-order valence-electron chi connectivity index (χ0n) is 11.5. The summed E-state index contributed by atoms with van der Waals surface area (Å²) in [6.07, 6.45) is 1.65. The molecule has 1 aromatic rings. The number of hydrogen-bond donors (Lipinski definition) is 0. The molecule has 1 aliphatic rings. The topological polar surface area (TPSA) is 61.2 Å². The minimum atomic E-state index is -3.83. The van der Waals surface area contributed by atoms with Gasteiger partial charge in [-0.05, 0) is 30.9 Å². The summed E-state index contributed by atoms with van der Waals surface area (Å²) in [5.74, 6) is -0.627. The lowest BCUT2D eigenvalue weighted by Crippen LogP contribution is -2.36. The van der Waals surface area contributed by atoms with Crippen molar-refractivity contribution in [3.8, 4) is 6.07 Å². The van der Waals surface area contributed by atoms with Gasteiger partial charge in [-0.1, -0.05) is 19.9 Å². The molecule has 0 amide bonds. The van der Waals surface area contributed by atoms with E-state index in [1.807, 2.05) is 13.8 Å². The van der Waals surface area contributed by atoms with Gasteiger partial charge in [0.2, 0.25) is 10.0 Å². The van der Waals surface area contributed by atoms with E-state index in [1.54, 1.807) is 6.07 Å². The molecule has 0 aliphatic heterocycles. The number of nitriles is 1. The summed E-state index contributed by atoms with van der Waals surface area (Å²) in [5, 5.41) is 9.01. The molecular weight excluding hydrogens is 279 g/mol. The van der Waals surface area contributed by atoms with E-state index >= 15 is 0 Å². The molecule has 0 radical (unpaired) electrons. The second-order valence-electron chi connectivity index (χ2n) is 5.42. The van der Waals surface area contributed by atoms with Gasteiger partial charge in [0.15, 0.2) is 0 Å². The largest absolute Gasteiger partial charge is 0.244 e. The van der Waals surface area contributed by atoms with Gasteiger partial charge in [-0.15, -0.1) is 0 Å². The lowest BCUT2D eigenvalue weighted by molar-refractivity contribution is 0.360. The zero-order chi connectivity index (χ0) is 14.9. The molecule has 2 rings (SSSR count). The highest BCUT2D eigenvalue weighted by Crippen LogP contribution is 2.34. The molecule has 0 bridgehead atoms. The summed E-state index contributed by atoms with van der Waals surface area (Å²) in [5.41, 5.74) is -0.401. The van der Waals surface area contributed by atoms with Gasteiger partial charge in [0, 0.05) is 12.6 Å². The Morgan fingerprint density at radius 3 is 2.60 bits per heavy atom. The predicted molar refractivity (Wildman–Crippen MR) is 72.9 cm³/mol. The number of sulfonamides is 1. The summed E-state index contributed by atoms with van der Waals surface area (Å²) in [7, 11) is -3.83. The predicted octanol–water partition coefficient (Wildman–Crippen LogP) is 2.51. The van der Waals surface area contributed by atoms with Crippen LogP contribution in [0.3, 0.4) is 0 Å². The molecule has 0 N–H and O–H groups in total. The van der Waals surface area contributed by atoms with Crippen molar-refractivity contribution in [1.29, 1.82) is 5.26 Å². The lowest BCUT2D eigenvalue weighted by Gasteiger charge is -2.24. The molecule has 1 fully saturated rings. The van der Waals surface area contributed by atoms with E-state index < -0.39 is 21.4 Å². The van der Waals surface area contributed by atoms with Crippen molar-refractivity contribution in [1.82, 2.24) is 4.31 Å². The van der Waals surface area contributed by atoms with Gasteiger partial charge in [-0.2, -0.15) is 9.57 Å². The van der Waals surface area contributed by atoms with E-state index in [4.69, 9.17) is 5.26 Å². The average molecular weight is 296 g/mol.